The van der Waals surface area contributed by atoms with Crippen molar-refractivity contribution in [2.24, 2.45) is 12.0 Å². The van der Waals surface area contributed by atoms with Gasteiger partial charge in [-0.2, -0.15) is 18.3 Å². The van der Waals surface area contributed by atoms with E-state index in [9.17, 15) is 22.4 Å². The summed E-state index contributed by atoms with van der Waals surface area (Å²) in [5.41, 5.74) is 1.63. The molecule has 3 heterocycles. The van der Waals surface area contributed by atoms with Gasteiger partial charge in [0.15, 0.2) is 0 Å². The van der Waals surface area contributed by atoms with Crippen molar-refractivity contribution < 1.29 is 22.4 Å². The van der Waals surface area contributed by atoms with Crippen molar-refractivity contribution in [2.75, 3.05) is 6.54 Å². The van der Waals surface area contributed by atoms with Crippen LogP contribution in [-0.4, -0.2) is 37.7 Å². The van der Waals surface area contributed by atoms with Crippen molar-refractivity contribution in [3.8, 4) is 11.3 Å². The number of alkyl halides is 3. The van der Waals surface area contributed by atoms with E-state index in [1.165, 1.54) is 29.0 Å². The number of carbonyl (C=O) groups is 1. The van der Waals surface area contributed by atoms with E-state index < -0.39 is 11.7 Å². The summed E-state index contributed by atoms with van der Waals surface area (Å²) < 4.78 is 56.6. The molecular weight excluding hydrogens is 522 g/mol. The van der Waals surface area contributed by atoms with Gasteiger partial charge in [0.1, 0.15) is 11.3 Å². The van der Waals surface area contributed by atoms with Gasteiger partial charge in [0.2, 0.25) is 5.91 Å². The van der Waals surface area contributed by atoms with E-state index in [0.717, 1.165) is 30.5 Å². The molecule has 1 fully saturated rings. The molecule has 0 spiro atoms. The van der Waals surface area contributed by atoms with Gasteiger partial charge in [-0.1, -0.05) is 30.3 Å². The lowest BCUT2D eigenvalue weighted by molar-refractivity contribution is -0.137. The van der Waals surface area contributed by atoms with Crippen molar-refractivity contribution in [2.45, 2.75) is 31.6 Å². The molecule has 6 nitrogen and oxygen atoms in total. The number of rotatable bonds is 6. The molecule has 1 atom stereocenters. The van der Waals surface area contributed by atoms with Crippen LogP contribution in [0.25, 0.3) is 17.0 Å². The zero-order chi connectivity index (χ0) is 28.3. The van der Waals surface area contributed by atoms with Gasteiger partial charge >= 0.3 is 6.18 Å². The van der Waals surface area contributed by atoms with E-state index in [2.05, 4.69) is 10.1 Å². The number of likely N-dealkylation sites (tertiary alicyclic amines) is 1. The Hall–Kier alpha value is -4.47. The van der Waals surface area contributed by atoms with Gasteiger partial charge in [-0.25, -0.2) is 9.38 Å². The van der Waals surface area contributed by atoms with Crippen LogP contribution in [-0.2, 0) is 24.6 Å². The number of hydrogen-bond donors (Lipinski definition) is 0. The van der Waals surface area contributed by atoms with Crippen LogP contribution in [0, 0.1) is 5.82 Å². The smallest absolute Gasteiger partial charge is 0.336 e. The number of aryl methyl sites for hydroxylation is 1. The van der Waals surface area contributed by atoms with Gasteiger partial charge in [0, 0.05) is 43.2 Å². The summed E-state index contributed by atoms with van der Waals surface area (Å²) in [4.78, 5) is 19.8. The van der Waals surface area contributed by atoms with Crippen LogP contribution >= 0.6 is 0 Å². The fourth-order valence-corrected chi connectivity index (χ4v) is 4.73. The number of hydrogen-bond acceptors (Lipinski definition) is 3. The lowest BCUT2D eigenvalue weighted by Gasteiger charge is -2.23. The summed E-state index contributed by atoms with van der Waals surface area (Å²) in [7, 11) is 1.60. The predicted molar refractivity (Wildman–Crippen MR) is 143 cm³/mol. The number of halogens is 4. The monoisotopic (exact) mass is 549 g/mol. The molecule has 1 aliphatic heterocycles. The van der Waals surface area contributed by atoms with Crippen LogP contribution in [0.5, 0.6) is 0 Å². The SMILES string of the molecule is Cn1ccc(C(F)(F)F)cc1=N/C(=C/C(=O)N1CCC[C@H]1Cn1ccc(-c2ccc(F)cc2)n1)c1ccccc1. The number of aromatic nitrogens is 3. The normalized spacial score (nSPS) is 16.5. The number of nitrogens with zero attached hydrogens (tertiary/aromatic N) is 5. The van der Waals surface area contributed by atoms with Gasteiger partial charge in [-0.15, -0.1) is 0 Å². The number of carbonyl (C=O) groups excluding carboxylic acids is 1. The van der Waals surface area contributed by atoms with Gasteiger partial charge in [0.25, 0.3) is 0 Å². The first kappa shape index (κ1) is 27.1. The molecule has 1 amide bonds. The highest BCUT2D eigenvalue weighted by Crippen LogP contribution is 2.28. The quantitative estimate of drug-likeness (QED) is 0.230. The Morgan fingerprint density at radius 2 is 1.80 bits per heavy atom. The highest BCUT2D eigenvalue weighted by molar-refractivity contribution is 5.95. The molecule has 10 heteroatoms. The van der Waals surface area contributed by atoms with Crippen molar-refractivity contribution in [3.05, 3.63) is 114 Å². The molecule has 1 aliphatic rings. The molecule has 2 aromatic carbocycles. The van der Waals surface area contributed by atoms with Gasteiger partial charge in [0.05, 0.1) is 29.5 Å². The molecule has 5 rings (SSSR count). The van der Waals surface area contributed by atoms with E-state index in [1.807, 2.05) is 18.3 Å². The second-order valence-corrected chi connectivity index (χ2v) is 9.65. The average molecular weight is 550 g/mol. The Morgan fingerprint density at radius 1 is 1.05 bits per heavy atom. The summed E-state index contributed by atoms with van der Waals surface area (Å²) in [6.07, 6.45) is 1.60. The first-order chi connectivity index (χ1) is 19.2. The van der Waals surface area contributed by atoms with Crippen molar-refractivity contribution in [3.63, 3.8) is 0 Å². The Balaban J connectivity index is 1.42. The molecular formula is C30H27F4N5O. The molecule has 1 saturated heterocycles. The van der Waals surface area contributed by atoms with E-state index in [1.54, 1.807) is 53.0 Å². The topological polar surface area (TPSA) is 55.4 Å². The maximum Gasteiger partial charge on any atom is 0.416 e. The van der Waals surface area contributed by atoms with Crippen LogP contribution in [0.15, 0.2) is 96.3 Å². The number of pyridine rings is 1. The fourth-order valence-electron chi connectivity index (χ4n) is 4.73. The highest BCUT2D eigenvalue weighted by atomic mass is 19.4. The third-order valence-electron chi connectivity index (χ3n) is 6.85. The van der Waals surface area contributed by atoms with Crippen molar-refractivity contribution >= 4 is 11.6 Å². The summed E-state index contributed by atoms with van der Waals surface area (Å²) in [5, 5.41) is 4.60. The second-order valence-electron chi connectivity index (χ2n) is 9.65. The Bertz CT molecular complexity index is 1590. The standard InChI is InChI=1S/C30H27F4N5O/c1-37-16-13-23(30(32,33)34)18-28(37)35-27(21-6-3-2-4-7-21)19-29(40)39-15-5-8-25(39)20-38-17-14-26(36-38)22-9-11-24(31)12-10-22/h2-4,6-7,9-14,16-19,25H,5,8,15,20H2,1H3/b27-19+,35-28?/t25-/m0/s1. The van der Waals surface area contributed by atoms with Crippen LogP contribution in [0.1, 0.15) is 24.0 Å². The zero-order valence-corrected chi connectivity index (χ0v) is 21.7. The third-order valence-corrected chi connectivity index (χ3v) is 6.85. The Morgan fingerprint density at radius 3 is 2.52 bits per heavy atom. The van der Waals surface area contributed by atoms with Gasteiger partial charge < -0.3 is 9.47 Å². The number of benzene rings is 2. The molecule has 206 valence electrons. The Kier molecular flexibility index (Phi) is 7.68. The molecule has 0 N–H and O–H groups in total. The zero-order valence-electron chi connectivity index (χ0n) is 21.7. The number of amides is 1. The third kappa shape index (κ3) is 6.22. The second kappa shape index (κ2) is 11.3. The van der Waals surface area contributed by atoms with Crippen LogP contribution in [0.3, 0.4) is 0 Å². The molecule has 0 bridgehead atoms. The maximum absolute atomic E-state index is 13.5. The molecule has 0 radical (unpaired) electrons. The van der Waals surface area contributed by atoms with E-state index in [-0.39, 0.29) is 29.0 Å². The van der Waals surface area contributed by atoms with Crippen LogP contribution < -0.4 is 5.49 Å². The minimum absolute atomic E-state index is 0.0700. The highest BCUT2D eigenvalue weighted by Gasteiger charge is 2.31. The minimum atomic E-state index is -4.52. The maximum atomic E-state index is 13.5. The fraction of sp³-hybridized carbons (Fsp3) is 0.233. The summed E-state index contributed by atoms with van der Waals surface area (Å²) >= 11 is 0. The molecule has 0 unspecified atom stereocenters. The first-order valence-electron chi connectivity index (χ1n) is 12.8. The molecule has 0 saturated carbocycles. The molecule has 40 heavy (non-hydrogen) atoms. The minimum Gasteiger partial charge on any atom is -0.336 e. The summed E-state index contributed by atoms with van der Waals surface area (Å²) in [5.74, 6) is -0.592. The van der Waals surface area contributed by atoms with Gasteiger partial charge in [-0.05, 0) is 55.3 Å². The largest absolute Gasteiger partial charge is 0.416 e. The van der Waals surface area contributed by atoms with E-state index in [4.69, 9.17) is 0 Å². The van der Waals surface area contributed by atoms with Crippen molar-refractivity contribution in [1.82, 2.24) is 19.2 Å². The van der Waals surface area contributed by atoms with Gasteiger partial charge in [-0.3, -0.25) is 9.48 Å². The molecule has 2 aromatic heterocycles. The lowest BCUT2D eigenvalue weighted by Crippen LogP contribution is -2.37. The van der Waals surface area contributed by atoms with E-state index in [0.29, 0.717) is 24.3 Å². The summed E-state index contributed by atoms with van der Waals surface area (Å²) in [6, 6.07) is 18.7. The molecule has 4 aromatic rings. The van der Waals surface area contributed by atoms with Crippen LogP contribution in [0.2, 0.25) is 0 Å². The predicted octanol–water partition coefficient (Wildman–Crippen LogP) is 5.68. The lowest BCUT2D eigenvalue weighted by atomic mass is 10.1. The first-order valence-corrected chi connectivity index (χ1v) is 12.8. The molecule has 0 aliphatic carbocycles. The van der Waals surface area contributed by atoms with Crippen LogP contribution in [0.4, 0.5) is 17.6 Å². The Labute approximate surface area is 228 Å². The van der Waals surface area contributed by atoms with Crippen molar-refractivity contribution in [1.29, 1.82) is 0 Å². The van der Waals surface area contributed by atoms with E-state index >= 15 is 0 Å². The summed E-state index contributed by atoms with van der Waals surface area (Å²) in [6.45, 7) is 1.02. The average Bonchev–Trinajstić information content (AvgIpc) is 3.60.